The van der Waals surface area contributed by atoms with Gasteiger partial charge in [0.15, 0.2) is 6.10 Å². The third kappa shape index (κ3) is 35.4. The molecule has 0 saturated heterocycles. The second-order valence-electron chi connectivity index (χ2n) is 18.5. The molecule has 4 atom stereocenters. The average molecular weight is 961 g/mol. The average Bonchev–Trinajstić information content (AvgIpc) is 3.54. The van der Waals surface area contributed by atoms with E-state index in [1.165, 1.54) is 74.0 Å². The van der Waals surface area contributed by atoms with Gasteiger partial charge in [0.1, 0.15) is 31.3 Å². The van der Waals surface area contributed by atoms with Crippen molar-refractivity contribution >= 4 is 19.8 Å². The van der Waals surface area contributed by atoms with Crippen LogP contribution >= 0.6 is 7.82 Å². The van der Waals surface area contributed by atoms with E-state index in [-0.39, 0.29) is 26.1 Å². The fraction of sp³-hybridized carbons (Fsp3) is 0.667. The van der Waals surface area contributed by atoms with Crippen molar-refractivity contribution in [1.29, 1.82) is 0 Å². The molecule has 0 aromatic carbocycles. The summed E-state index contributed by atoms with van der Waals surface area (Å²) in [5.74, 6) is 1.35. The van der Waals surface area contributed by atoms with Gasteiger partial charge < -0.3 is 33.5 Å². The molecular weight excluding hydrogens is 870 g/mol. The molecule has 13 heteroatoms. The summed E-state index contributed by atoms with van der Waals surface area (Å²) >= 11 is 0. The smallest absolute Gasteiger partial charge is 0.466 e. The van der Waals surface area contributed by atoms with Crippen LogP contribution in [0.15, 0.2) is 77.3 Å². The number of aliphatic hydroxyl groups excluding tert-OH is 2. The summed E-state index contributed by atoms with van der Waals surface area (Å²) in [5, 5.41) is 20.1. The largest absolute Gasteiger partial charge is 0.472 e. The van der Waals surface area contributed by atoms with Crippen molar-refractivity contribution < 1.29 is 56.7 Å². The highest BCUT2D eigenvalue weighted by molar-refractivity contribution is 7.47. The number of furan rings is 1. The maximum Gasteiger partial charge on any atom is 0.472 e. The van der Waals surface area contributed by atoms with Gasteiger partial charge in [0, 0.05) is 25.7 Å². The van der Waals surface area contributed by atoms with Crippen molar-refractivity contribution in [3.8, 4) is 0 Å². The molecule has 1 rings (SSSR count). The van der Waals surface area contributed by atoms with Gasteiger partial charge in [-0.15, -0.1) is 0 Å². The number of ether oxygens (including phenoxy) is 2. The summed E-state index contributed by atoms with van der Waals surface area (Å²) < 4.78 is 40.5. The minimum atomic E-state index is -4.44. The number of carbonyl (C=O) groups excluding carboxylic acids is 2. The zero-order valence-corrected chi connectivity index (χ0v) is 43.4. The van der Waals surface area contributed by atoms with Crippen molar-refractivity contribution in [3.63, 3.8) is 0 Å². The molecule has 1 heterocycles. The Kier molecular flexibility index (Phi) is 35.4. The highest BCUT2D eigenvalue weighted by atomic mass is 31.2. The van der Waals surface area contributed by atoms with Crippen LogP contribution in [-0.4, -0.2) is 97.3 Å². The summed E-state index contributed by atoms with van der Waals surface area (Å²) in [5.41, 5.74) is 2.67. The Hall–Kier alpha value is -3.35. The van der Waals surface area contributed by atoms with Crippen LogP contribution in [-0.2, 0) is 45.5 Å². The van der Waals surface area contributed by atoms with E-state index in [1.807, 2.05) is 63.7 Å². The van der Waals surface area contributed by atoms with Crippen LogP contribution in [0.1, 0.15) is 165 Å². The number of phosphoric ester groups is 1. The maximum atomic E-state index is 12.8. The third-order valence-corrected chi connectivity index (χ3v) is 12.1. The van der Waals surface area contributed by atoms with Gasteiger partial charge in [-0.2, -0.15) is 0 Å². The zero-order valence-electron chi connectivity index (χ0n) is 42.5. The van der Waals surface area contributed by atoms with Crippen LogP contribution in [0.5, 0.6) is 0 Å². The lowest BCUT2D eigenvalue weighted by molar-refractivity contribution is -0.870. The van der Waals surface area contributed by atoms with Crippen molar-refractivity contribution in [2.45, 2.75) is 187 Å². The highest BCUT2D eigenvalue weighted by Crippen LogP contribution is 2.43. The Morgan fingerprint density at radius 1 is 0.672 bits per heavy atom. The molecule has 0 fully saturated rings. The van der Waals surface area contributed by atoms with E-state index in [0.717, 1.165) is 44.9 Å². The first-order valence-electron chi connectivity index (χ1n) is 25.3. The second-order valence-corrected chi connectivity index (χ2v) is 19.9. The Labute approximate surface area is 405 Å². The van der Waals surface area contributed by atoms with Gasteiger partial charge in [0.05, 0.1) is 40.0 Å². The molecule has 67 heavy (non-hydrogen) atoms. The zero-order chi connectivity index (χ0) is 49.6. The molecule has 1 aromatic rings. The Balaban J connectivity index is 2.40. The van der Waals surface area contributed by atoms with Gasteiger partial charge in [0.2, 0.25) is 0 Å². The van der Waals surface area contributed by atoms with Gasteiger partial charge in [-0.25, -0.2) is 4.57 Å². The first-order valence-corrected chi connectivity index (χ1v) is 26.8. The monoisotopic (exact) mass is 961 g/mol. The normalized spacial score (nSPS) is 15.0. The number of aryl methyl sites for hydroxylation is 2. The Morgan fingerprint density at radius 3 is 1.87 bits per heavy atom. The fourth-order valence-electron chi connectivity index (χ4n) is 6.87. The van der Waals surface area contributed by atoms with E-state index in [4.69, 9.17) is 22.9 Å². The number of allylic oxidation sites excluding steroid dienone is 8. The van der Waals surface area contributed by atoms with E-state index in [1.54, 1.807) is 30.4 Å². The summed E-state index contributed by atoms with van der Waals surface area (Å²) in [7, 11) is 1.34. The molecule has 0 aliphatic carbocycles. The summed E-state index contributed by atoms with van der Waals surface area (Å²) in [6.07, 6.45) is 39.9. The van der Waals surface area contributed by atoms with Gasteiger partial charge >= 0.3 is 19.8 Å². The molecule has 3 N–H and O–H groups in total. The quantitative estimate of drug-likeness (QED) is 0.0143. The second kappa shape index (κ2) is 38.5. The SMILES string of the molecule is CC/C=C\C[C@@H](O)/C=C/C=C\C/C=C\C=C\[C@@H](O)/C=C\CCCC(=O)OC[C@H](COP(=O)(O)OCC[N+](C)(C)C)OC(=O)CCCCCCCCCCCCc1oc(CCCCC)c(C)c1C. The first-order chi connectivity index (χ1) is 32.1. The number of hydrogen-bond acceptors (Lipinski definition) is 10. The van der Waals surface area contributed by atoms with E-state index in [9.17, 15) is 29.3 Å². The summed E-state index contributed by atoms with van der Waals surface area (Å²) in [6, 6.07) is 0. The predicted molar refractivity (Wildman–Crippen MR) is 272 cm³/mol. The summed E-state index contributed by atoms with van der Waals surface area (Å²) in [4.78, 5) is 35.6. The molecule has 12 nitrogen and oxygen atoms in total. The van der Waals surface area contributed by atoms with E-state index < -0.39 is 44.7 Å². The van der Waals surface area contributed by atoms with E-state index in [2.05, 4.69) is 27.7 Å². The topological polar surface area (TPSA) is 162 Å². The van der Waals surface area contributed by atoms with Crippen LogP contribution in [0.3, 0.4) is 0 Å². The van der Waals surface area contributed by atoms with Crippen LogP contribution in [0.2, 0.25) is 0 Å². The maximum absolute atomic E-state index is 12.8. The standard InChI is InChI=1S/C54H90NO11P/c1-8-10-26-34-48(56)35-28-21-17-16-18-22-29-36-49(57)37-30-25-33-40-53(58)62-44-50(45-64-67(60,61)63-43-42-55(5,6)7)65-54(59)41-32-24-20-15-13-12-14-19-23-31-39-52-47(4)46(3)51(66-52)38-27-11-9-2/h10,17-18,21-22,26,28-30,35-37,48-50,56-57H,8-9,11-16,19-20,23-25,27,31-34,38-45H2,1-7H3/p+1/b21-17-,22-18-,26-10-,35-28+,36-29+,37-30-/t48-,49-,50-/m1/s1. The number of likely N-dealkylation sites (N-methyl/N-ethyl adjacent to an activating group) is 1. The number of aliphatic hydroxyl groups is 2. The van der Waals surface area contributed by atoms with Crippen LogP contribution in [0, 0.1) is 13.8 Å². The van der Waals surface area contributed by atoms with Gasteiger partial charge in [0.25, 0.3) is 0 Å². The first kappa shape index (κ1) is 61.7. The Bertz CT molecular complexity index is 1690. The van der Waals surface area contributed by atoms with Gasteiger partial charge in [-0.1, -0.05) is 151 Å². The molecule has 0 aliphatic rings. The molecule has 0 aliphatic heterocycles. The number of rotatable bonds is 41. The van der Waals surface area contributed by atoms with Crippen LogP contribution < -0.4 is 0 Å². The predicted octanol–water partition coefficient (Wildman–Crippen LogP) is 12.2. The van der Waals surface area contributed by atoms with E-state index >= 15 is 0 Å². The van der Waals surface area contributed by atoms with Gasteiger partial charge in [-0.3, -0.25) is 18.6 Å². The molecule has 1 unspecified atom stereocenters. The summed E-state index contributed by atoms with van der Waals surface area (Å²) in [6.45, 7) is 8.33. The van der Waals surface area contributed by atoms with Crippen molar-refractivity contribution in [3.05, 3.63) is 95.6 Å². The highest BCUT2D eigenvalue weighted by Gasteiger charge is 2.27. The number of nitrogens with zero attached hydrogens (tertiary/aromatic N) is 1. The number of hydrogen-bond donors (Lipinski definition) is 3. The molecule has 0 radical (unpaired) electrons. The number of esters is 2. The molecule has 0 bridgehead atoms. The molecule has 1 aromatic heterocycles. The Morgan fingerprint density at radius 2 is 1.25 bits per heavy atom. The molecule has 0 spiro atoms. The lowest BCUT2D eigenvalue weighted by Gasteiger charge is -2.24. The van der Waals surface area contributed by atoms with Gasteiger partial charge in [-0.05, 0) is 76.3 Å². The molecular formula is C54H91NO11P+. The van der Waals surface area contributed by atoms with Crippen molar-refractivity contribution in [2.75, 3.05) is 47.5 Å². The molecule has 382 valence electrons. The number of unbranched alkanes of at least 4 members (excludes halogenated alkanes) is 12. The third-order valence-electron chi connectivity index (χ3n) is 11.1. The molecule has 0 saturated carbocycles. The van der Waals surface area contributed by atoms with Crippen LogP contribution in [0.25, 0.3) is 0 Å². The van der Waals surface area contributed by atoms with Crippen molar-refractivity contribution in [2.24, 2.45) is 0 Å². The fourth-order valence-corrected chi connectivity index (χ4v) is 7.62. The number of phosphoric acid groups is 1. The van der Waals surface area contributed by atoms with Crippen LogP contribution in [0.4, 0.5) is 0 Å². The lowest BCUT2D eigenvalue weighted by atomic mass is 10.0. The number of quaternary nitrogens is 1. The lowest BCUT2D eigenvalue weighted by Crippen LogP contribution is -2.37. The van der Waals surface area contributed by atoms with E-state index in [0.29, 0.717) is 43.1 Å². The molecule has 0 amide bonds. The minimum Gasteiger partial charge on any atom is -0.466 e. The number of carbonyl (C=O) groups is 2. The van der Waals surface area contributed by atoms with Crippen molar-refractivity contribution in [1.82, 2.24) is 0 Å². The minimum absolute atomic E-state index is 0.0107.